The summed E-state index contributed by atoms with van der Waals surface area (Å²) in [5.74, 6) is 0.160. The molecule has 1 aliphatic carbocycles. The van der Waals surface area contributed by atoms with Gasteiger partial charge in [-0.25, -0.2) is 4.68 Å². The van der Waals surface area contributed by atoms with Gasteiger partial charge >= 0.3 is 0 Å². The van der Waals surface area contributed by atoms with Gasteiger partial charge in [0.2, 0.25) is 0 Å². The Morgan fingerprint density at radius 3 is 3.00 bits per heavy atom. The van der Waals surface area contributed by atoms with E-state index in [0.717, 1.165) is 17.7 Å². The molecule has 2 aromatic rings. The zero-order chi connectivity index (χ0) is 11.1. The molecule has 4 heteroatoms. The van der Waals surface area contributed by atoms with Crippen molar-refractivity contribution in [1.29, 1.82) is 0 Å². The standard InChI is InChI=1S/C12H9ClN2O/c13-9-2-1-3-10(6-9)15-12-8(7-14-15)4-5-11(12)16/h1-3,6-7H,4-5H2. The lowest BCUT2D eigenvalue weighted by Crippen LogP contribution is -2.05. The highest BCUT2D eigenvalue weighted by atomic mass is 35.5. The Labute approximate surface area is 97.6 Å². The number of aryl methyl sites for hydroxylation is 1. The molecular formula is C12H9ClN2O. The van der Waals surface area contributed by atoms with Crippen molar-refractivity contribution in [2.45, 2.75) is 12.8 Å². The van der Waals surface area contributed by atoms with Crippen LogP contribution in [0.5, 0.6) is 0 Å². The summed E-state index contributed by atoms with van der Waals surface area (Å²) in [5.41, 5.74) is 2.58. The first kappa shape index (κ1) is 9.60. The van der Waals surface area contributed by atoms with Crippen molar-refractivity contribution in [3.63, 3.8) is 0 Å². The van der Waals surface area contributed by atoms with Crippen LogP contribution in [0.4, 0.5) is 0 Å². The number of rotatable bonds is 1. The minimum absolute atomic E-state index is 0.160. The molecule has 1 aliphatic rings. The lowest BCUT2D eigenvalue weighted by atomic mass is 10.2. The zero-order valence-corrected chi connectivity index (χ0v) is 9.24. The van der Waals surface area contributed by atoms with E-state index in [2.05, 4.69) is 5.10 Å². The van der Waals surface area contributed by atoms with E-state index in [-0.39, 0.29) is 5.78 Å². The summed E-state index contributed by atoms with van der Waals surface area (Å²) in [7, 11) is 0. The number of carbonyl (C=O) groups is 1. The van der Waals surface area contributed by atoms with Crippen molar-refractivity contribution < 1.29 is 4.79 Å². The van der Waals surface area contributed by atoms with Crippen LogP contribution in [0.3, 0.4) is 0 Å². The Morgan fingerprint density at radius 1 is 1.31 bits per heavy atom. The van der Waals surface area contributed by atoms with E-state index < -0.39 is 0 Å². The maximum atomic E-state index is 11.7. The summed E-state index contributed by atoms with van der Waals surface area (Å²) in [4.78, 5) is 11.7. The third-order valence-electron chi connectivity index (χ3n) is 2.78. The number of aromatic nitrogens is 2. The molecule has 16 heavy (non-hydrogen) atoms. The van der Waals surface area contributed by atoms with Crippen LogP contribution in [-0.4, -0.2) is 15.6 Å². The quantitative estimate of drug-likeness (QED) is 0.758. The maximum Gasteiger partial charge on any atom is 0.181 e. The predicted octanol–water partition coefficient (Wildman–Crippen LogP) is 2.65. The first-order valence-corrected chi connectivity index (χ1v) is 5.49. The minimum Gasteiger partial charge on any atom is -0.292 e. The molecule has 0 saturated heterocycles. The van der Waals surface area contributed by atoms with E-state index >= 15 is 0 Å². The highest BCUT2D eigenvalue weighted by molar-refractivity contribution is 6.30. The highest BCUT2D eigenvalue weighted by Crippen LogP contribution is 2.25. The summed E-state index contributed by atoms with van der Waals surface area (Å²) in [5, 5.41) is 4.88. The van der Waals surface area contributed by atoms with Crippen molar-refractivity contribution in [2.75, 3.05) is 0 Å². The number of hydrogen-bond donors (Lipinski definition) is 0. The molecule has 0 spiro atoms. The van der Waals surface area contributed by atoms with E-state index in [0.29, 0.717) is 17.1 Å². The normalized spacial score (nSPS) is 14.2. The first-order chi connectivity index (χ1) is 7.75. The van der Waals surface area contributed by atoms with Crippen LogP contribution in [0.25, 0.3) is 5.69 Å². The third-order valence-corrected chi connectivity index (χ3v) is 3.02. The number of ketones is 1. The van der Waals surface area contributed by atoms with Gasteiger partial charge in [-0.1, -0.05) is 17.7 Å². The Hall–Kier alpha value is -1.61. The van der Waals surface area contributed by atoms with Crippen LogP contribution in [0.2, 0.25) is 5.02 Å². The molecule has 0 bridgehead atoms. The van der Waals surface area contributed by atoms with Crippen LogP contribution < -0.4 is 0 Å². The number of fused-ring (bicyclic) bond motifs is 1. The molecule has 3 nitrogen and oxygen atoms in total. The summed E-state index contributed by atoms with van der Waals surface area (Å²) in [6.07, 6.45) is 3.16. The second-order valence-corrected chi connectivity index (χ2v) is 4.27. The van der Waals surface area contributed by atoms with Gasteiger partial charge in [-0.15, -0.1) is 0 Å². The van der Waals surface area contributed by atoms with Gasteiger partial charge in [-0.3, -0.25) is 4.79 Å². The minimum atomic E-state index is 0.160. The molecule has 1 heterocycles. The van der Waals surface area contributed by atoms with E-state index in [1.54, 1.807) is 23.0 Å². The molecule has 0 unspecified atom stereocenters. The molecule has 0 atom stereocenters. The van der Waals surface area contributed by atoms with Gasteiger partial charge < -0.3 is 0 Å². The van der Waals surface area contributed by atoms with Gasteiger partial charge in [0, 0.05) is 17.0 Å². The lowest BCUT2D eigenvalue weighted by Gasteiger charge is -2.04. The van der Waals surface area contributed by atoms with Crippen molar-refractivity contribution in [1.82, 2.24) is 9.78 Å². The smallest absolute Gasteiger partial charge is 0.181 e. The van der Waals surface area contributed by atoms with Gasteiger partial charge in [-0.2, -0.15) is 5.10 Å². The molecule has 1 aromatic heterocycles. The average molecular weight is 233 g/mol. The number of halogens is 1. The number of carbonyl (C=O) groups excluding carboxylic acids is 1. The molecular weight excluding hydrogens is 224 g/mol. The Bertz CT molecular complexity index is 574. The van der Waals surface area contributed by atoms with Crippen LogP contribution in [0.1, 0.15) is 22.5 Å². The van der Waals surface area contributed by atoms with E-state index in [1.165, 1.54) is 0 Å². The Kier molecular flexibility index (Phi) is 2.07. The molecule has 0 saturated carbocycles. The van der Waals surface area contributed by atoms with Crippen molar-refractivity contribution in [3.8, 4) is 5.69 Å². The van der Waals surface area contributed by atoms with Crippen LogP contribution in [0.15, 0.2) is 30.5 Å². The molecule has 0 N–H and O–H groups in total. The maximum absolute atomic E-state index is 11.7. The van der Waals surface area contributed by atoms with Gasteiger partial charge in [0.15, 0.2) is 5.78 Å². The molecule has 0 fully saturated rings. The van der Waals surface area contributed by atoms with Crippen LogP contribution in [0, 0.1) is 0 Å². The molecule has 0 amide bonds. The van der Waals surface area contributed by atoms with Crippen molar-refractivity contribution in [3.05, 3.63) is 46.7 Å². The van der Waals surface area contributed by atoms with E-state index in [9.17, 15) is 4.79 Å². The lowest BCUT2D eigenvalue weighted by molar-refractivity contribution is 0.0987. The van der Waals surface area contributed by atoms with Gasteiger partial charge in [-0.05, 0) is 24.6 Å². The predicted molar refractivity (Wildman–Crippen MR) is 61.2 cm³/mol. The topological polar surface area (TPSA) is 34.9 Å². The van der Waals surface area contributed by atoms with Gasteiger partial charge in [0.05, 0.1) is 11.9 Å². The number of benzene rings is 1. The summed E-state index contributed by atoms with van der Waals surface area (Å²) >= 11 is 5.92. The fourth-order valence-electron chi connectivity index (χ4n) is 2.03. The summed E-state index contributed by atoms with van der Waals surface area (Å²) in [6, 6.07) is 7.35. The first-order valence-electron chi connectivity index (χ1n) is 5.12. The summed E-state index contributed by atoms with van der Waals surface area (Å²) in [6.45, 7) is 0. The number of hydrogen-bond acceptors (Lipinski definition) is 2. The van der Waals surface area contributed by atoms with E-state index in [4.69, 9.17) is 11.6 Å². The van der Waals surface area contributed by atoms with E-state index in [1.807, 2.05) is 12.1 Å². The molecule has 1 aromatic carbocycles. The second-order valence-electron chi connectivity index (χ2n) is 3.83. The third kappa shape index (κ3) is 1.36. The van der Waals surface area contributed by atoms with Crippen molar-refractivity contribution in [2.24, 2.45) is 0 Å². The molecule has 80 valence electrons. The second kappa shape index (κ2) is 3.46. The monoisotopic (exact) mass is 232 g/mol. The zero-order valence-electron chi connectivity index (χ0n) is 8.48. The Morgan fingerprint density at radius 2 is 2.19 bits per heavy atom. The van der Waals surface area contributed by atoms with Crippen molar-refractivity contribution >= 4 is 17.4 Å². The fourth-order valence-corrected chi connectivity index (χ4v) is 2.22. The average Bonchev–Trinajstić information content (AvgIpc) is 2.82. The number of Topliss-reactive ketones (excluding diaryl/α,β-unsaturated/α-hetero) is 1. The van der Waals surface area contributed by atoms with Crippen LogP contribution in [-0.2, 0) is 6.42 Å². The van der Waals surface area contributed by atoms with Gasteiger partial charge in [0.1, 0.15) is 5.69 Å². The molecule has 0 radical (unpaired) electrons. The SMILES string of the molecule is O=C1CCc2cnn(-c3cccc(Cl)c3)c21. The molecule has 0 aliphatic heterocycles. The fraction of sp³-hybridized carbons (Fsp3) is 0.167. The highest BCUT2D eigenvalue weighted by Gasteiger charge is 2.25. The van der Waals surface area contributed by atoms with Crippen LogP contribution >= 0.6 is 11.6 Å². The largest absolute Gasteiger partial charge is 0.292 e. The number of nitrogens with zero attached hydrogens (tertiary/aromatic N) is 2. The summed E-state index contributed by atoms with van der Waals surface area (Å²) < 4.78 is 1.68. The van der Waals surface area contributed by atoms with Gasteiger partial charge in [0.25, 0.3) is 0 Å². The Balaban J connectivity index is 2.18. The molecule has 3 rings (SSSR count).